The largest absolute Gasteiger partial charge is 0.302 e. The fourth-order valence-corrected chi connectivity index (χ4v) is 3.35. The minimum atomic E-state index is -0.236. The number of halogens is 1. The first kappa shape index (κ1) is 16.5. The number of nitrogens with zero attached hydrogens (tertiary/aromatic N) is 5. The molecule has 0 saturated heterocycles. The molecule has 1 aliphatic heterocycles. The van der Waals surface area contributed by atoms with Gasteiger partial charge in [-0.05, 0) is 37.3 Å². The molecule has 4 rings (SSSR count). The lowest BCUT2D eigenvalue weighted by molar-refractivity contribution is -0.117. The molecule has 0 spiro atoms. The van der Waals surface area contributed by atoms with E-state index in [1.54, 1.807) is 24.0 Å². The summed E-state index contributed by atoms with van der Waals surface area (Å²) in [4.78, 5) is 22.9. The van der Waals surface area contributed by atoms with Crippen LogP contribution in [0.4, 0.5) is 11.4 Å². The second kappa shape index (κ2) is 6.72. The van der Waals surface area contributed by atoms with Crippen LogP contribution in [0, 0.1) is 0 Å². The highest BCUT2D eigenvalue weighted by molar-refractivity contribution is 6.30. The molecule has 1 unspecified atom stereocenters. The number of carbonyl (C=O) groups is 1. The van der Waals surface area contributed by atoms with Crippen molar-refractivity contribution in [3.8, 4) is 0 Å². The number of para-hydroxylation sites is 1. The van der Waals surface area contributed by atoms with Crippen LogP contribution in [0.2, 0.25) is 5.02 Å². The molecule has 0 saturated carbocycles. The first-order chi connectivity index (χ1) is 12.6. The van der Waals surface area contributed by atoms with E-state index >= 15 is 0 Å². The van der Waals surface area contributed by atoms with Crippen LogP contribution in [0.3, 0.4) is 0 Å². The monoisotopic (exact) mass is 365 g/mol. The molecule has 7 heteroatoms. The predicted molar refractivity (Wildman–Crippen MR) is 101 cm³/mol. The van der Waals surface area contributed by atoms with Crippen LogP contribution in [0.25, 0.3) is 0 Å². The first-order valence-electron chi connectivity index (χ1n) is 8.20. The van der Waals surface area contributed by atoms with Crippen molar-refractivity contribution in [3.05, 3.63) is 71.8 Å². The smallest absolute Gasteiger partial charge is 0.233 e. The number of benzene rings is 2. The van der Waals surface area contributed by atoms with Crippen molar-refractivity contribution in [1.82, 2.24) is 14.8 Å². The summed E-state index contributed by atoms with van der Waals surface area (Å²) >= 11 is 6.23. The number of aliphatic imine (C=N–C) groups is 1. The van der Waals surface area contributed by atoms with Crippen LogP contribution < -0.4 is 4.90 Å². The molecule has 1 aromatic heterocycles. The summed E-state index contributed by atoms with van der Waals surface area (Å²) in [5.41, 5.74) is 2.61. The molecule has 2 aromatic carbocycles. The standard InChI is InChI=1S/C19H16ClN5O/c1-13(26)9-18-16-10-14(20)7-8-17(16)23-19(24-12-21-11-22-24)25(18)15-5-3-2-4-6-15/h2-8,10-12,18H,9H2,1H3. The Bertz CT molecular complexity index is 969. The molecule has 0 radical (unpaired) electrons. The summed E-state index contributed by atoms with van der Waals surface area (Å²) in [5, 5.41) is 4.86. The van der Waals surface area contributed by atoms with Crippen LogP contribution in [0.1, 0.15) is 24.9 Å². The number of aromatic nitrogens is 3. The number of hydrogen-bond donors (Lipinski definition) is 0. The third-order valence-electron chi connectivity index (χ3n) is 4.24. The summed E-state index contributed by atoms with van der Waals surface area (Å²) in [6, 6.07) is 15.1. The number of carbonyl (C=O) groups excluding carboxylic acids is 1. The van der Waals surface area contributed by atoms with E-state index in [9.17, 15) is 4.79 Å². The molecule has 0 amide bonds. The Hall–Kier alpha value is -2.99. The molecule has 0 aliphatic carbocycles. The fourth-order valence-electron chi connectivity index (χ4n) is 3.16. The highest BCUT2D eigenvalue weighted by atomic mass is 35.5. The van der Waals surface area contributed by atoms with Gasteiger partial charge in [0.15, 0.2) is 0 Å². The van der Waals surface area contributed by atoms with E-state index in [1.165, 1.54) is 6.33 Å². The third-order valence-corrected chi connectivity index (χ3v) is 4.47. The van der Waals surface area contributed by atoms with Crippen molar-refractivity contribution in [3.63, 3.8) is 0 Å². The molecule has 0 N–H and O–H groups in total. The van der Waals surface area contributed by atoms with Crippen LogP contribution in [-0.4, -0.2) is 26.5 Å². The van der Waals surface area contributed by atoms with Crippen molar-refractivity contribution < 1.29 is 4.79 Å². The molecule has 0 bridgehead atoms. The molecule has 1 atom stereocenters. The predicted octanol–water partition coefficient (Wildman–Crippen LogP) is 4.01. The van der Waals surface area contributed by atoms with Gasteiger partial charge in [0.1, 0.15) is 18.4 Å². The van der Waals surface area contributed by atoms with Gasteiger partial charge < -0.3 is 4.90 Å². The number of Topliss-reactive ketones (excluding diaryl/α,β-unsaturated/α-hetero) is 1. The van der Waals surface area contributed by atoms with Gasteiger partial charge >= 0.3 is 0 Å². The fraction of sp³-hybridized carbons (Fsp3) is 0.158. The van der Waals surface area contributed by atoms with Gasteiger partial charge in [0.2, 0.25) is 5.96 Å². The number of hydrogen-bond acceptors (Lipinski definition) is 5. The van der Waals surface area contributed by atoms with E-state index in [4.69, 9.17) is 16.6 Å². The van der Waals surface area contributed by atoms with E-state index in [0.29, 0.717) is 17.4 Å². The van der Waals surface area contributed by atoms with E-state index in [1.807, 2.05) is 47.4 Å². The SMILES string of the molecule is CC(=O)CC1c2cc(Cl)ccc2N=C(n2cncn2)N1c1ccccc1. The van der Waals surface area contributed by atoms with Gasteiger partial charge in [-0.1, -0.05) is 29.8 Å². The number of ketones is 1. The lowest BCUT2D eigenvalue weighted by atomic mass is 9.96. The zero-order valence-electron chi connectivity index (χ0n) is 14.1. The Labute approximate surface area is 155 Å². The van der Waals surface area contributed by atoms with Gasteiger partial charge in [0, 0.05) is 22.7 Å². The molecule has 130 valence electrons. The highest BCUT2D eigenvalue weighted by Crippen LogP contribution is 2.41. The minimum Gasteiger partial charge on any atom is -0.302 e. The first-order valence-corrected chi connectivity index (χ1v) is 8.58. The molecular weight excluding hydrogens is 350 g/mol. The zero-order valence-corrected chi connectivity index (χ0v) is 14.8. The van der Waals surface area contributed by atoms with Gasteiger partial charge in [0.05, 0.1) is 11.7 Å². The summed E-state index contributed by atoms with van der Waals surface area (Å²) in [6.45, 7) is 1.59. The van der Waals surface area contributed by atoms with Gasteiger partial charge in [-0.3, -0.25) is 4.79 Å². The summed E-state index contributed by atoms with van der Waals surface area (Å²) in [5.74, 6) is 0.677. The van der Waals surface area contributed by atoms with Gasteiger partial charge in [-0.2, -0.15) is 9.78 Å². The second-order valence-electron chi connectivity index (χ2n) is 6.08. The third kappa shape index (κ3) is 2.99. The topological polar surface area (TPSA) is 63.4 Å². The molecule has 26 heavy (non-hydrogen) atoms. The van der Waals surface area contributed by atoms with E-state index in [-0.39, 0.29) is 11.8 Å². The lowest BCUT2D eigenvalue weighted by Crippen LogP contribution is -2.42. The van der Waals surface area contributed by atoms with Crippen LogP contribution in [0.15, 0.2) is 66.2 Å². The average molecular weight is 366 g/mol. The highest BCUT2D eigenvalue weighted by Gasteiger charge is 2.33. The number of anilines is 1. The van der Waals surface area contributed by atoms with Gasteiger partial charge in [-0.15, -0.1) is 0 Å². The van der Waals surface area contributed by atoms with Crippen molar-refractivity contribution in [2.24, 2.45) is 4.99 Å². The Balaban J connectivity index is 1.95. The molecule has 0 fully saturated rings. The Kier molecular flexibility index (Phi) is 4.26. The van der Waals surface area contributed by atoms with E-state index < -0.39 is 0 Å². The van der Waals surface area contributed by atoms with E-state index in [2.05, 4.69) is 10.1 Å². The Morgan fingerprint density at radius 3 is 2.69 bits per heavy atom. The van der Waals surface area contributed by atoms with Gasteiger partial charge in [-0.25, -0.2) is 9.98 Å². The van der Waals surface area contributed by atoms with Crippen LogP contribution in [0.5, 0.6) is 0 Å². The maximum atomic E-state index is 12.0. The quantitative estimate of drug-likeness (QED) is 0.703. The van der Waals surface area contributed by atoms with Crippen molar-refractivity contribution >= 4 is 34.7 Å². The molecule has 6 nitrogen and oxygen atoms in total. The molecule has 1 aliphatic rings. The van der Waals surface area contributed by atoms with Crippen molar-refractivity contribution in [2.75, 3.05) is 4.90 Å². The lowest BCUT2D eigenvalue weighted by Gasteiger charge is -2.37. The average Bonchev–Trinajstić information content (AvgIpc) is 3.16. The maximum Gasteiger partial charge on any atom is 0.233 e. The minimum absolute atomic E-state index is 0.0849. The van der Waals surface area contributed by atoms with Crippen molar-refractivity contribution in [2.45, 2.75) is 19.4 Å². The molecular formula is C19H16ClN5O. The zero-order chi connectivity index (χ0) is 18.1. The Morgan fingerprint density at radius 2 is 2.00 bits per heavy atom. The Morgan fingerprint density at radius 1 is 1.19 bits per heavy atom. The van der Waals surface area contributed by atoms with E-state index in [0.717, 1.165) is 16.9 Å². The maximum absolute atomic E-state index is 12.0. The summed E-state index contributed by atoms with van der Waals surface area (Å²) < 4.78 is 1.61. The summed E-state index contributed by atoms with van der Waals surface area (Å²) in [6.07, 6.45) is 3.39. The normalized spacial score (nSPS) is 16.2. The van der Waals surface area contributed by atoms with Crippen molar-refractivity contribution in [1.29, 1.82) is 0 Å². The second-order valence-corrected chi connectivity index (χ2v) is 6.52. The van der Waals surface area contributed by atoms with Gasteiger partial charge in [0.25, 0.3) is 0 Å². The molecule has 2 heterocycles. The summed E-state index contributed by atoms with van der Waals surface area (Å²) in [7, 11) is 0. The molecule has 3 aromatic rings. The van der Waals surface area contributed by atoms with Crippen LogP contribution >= 0.6 is 11.6 Å². The number of rotatable bonds is 3. The number of fused-ring (bicyclic) bond motifs is 1. The van der Waals surface area contributed by atoms with Crippen LogP contribution in [-0.2, 0) is 4.79 Å².